The number of nitrogens with zero attached hydrogens (tertiary/aromatic N) is 3. The molecule has 1 N–H and O–H groups in total. The molecule has 0 saturated heterocycles. The number of carboxylic acids is 1. The molecule has 1 fully saturated rings. The van der Waals surface area contributed by atoms with Gasteiger partial charge in [0.25, 0.3) is 0 Å². The molecule has 3 rings (SSSR count). The zero-order chi connectivity index (χ0) is 15.9. The summed E-state index contributed by atoms with van der Waals surface area (Å²) in [4.78, 5) is 11.7. The Morgan fingerprint density at radius 3 is 2.45 bits per heavy atom. The van der Waals surface area contributed by atoms with Crippen LogP contribution >= 0.6 is 0 Å². The maximum atomic E-state index is 11.7. The van der Waals surface area contributed by atoms with Gasteiger partial charge in [0.15, 0.2) is 5.69 Å². The number of carbonyl (C=O) groups is 1. The average Bonchev–Trinajstić information content (AvgIpc) is 3.25. The lowest BCUT2D eigenvalue weighted by molar-refractivity contribution is 0.0680. The Labute approximate surface area is 128 Å². The van der Waals surface area contributed by atoms with E-state index < -0.39 is 5.97 Å². The molecular weight excluding hydrogens is 278 g/mol. The van der Waals surface area contributed by atoms with Crippen molar-refractivity contribution in [1.82, 2.24) is 9.78 Å². The summed E-state index contributed by atoms with van der Waals surface area (Å²) < 4.78 is 1.60. The number of hydrogen-bond acceptors (Lipinski definition) is 3. The van der Waals surface area contributed by atoms with Gasteiger partial charge in [-0.05, 0) is 44.7 Å². The molecule has 5 nitrogen and oxygen atoms in total. The summed E-state index contributed by atoms with van der Waals surface area (Å²) >= 11 is 0. The lowest BCUT2D eigenvalue weighted by Crippen LogP contribution is -2.13. The van der Waals surface area contributed by atoms with E-state index in [1.807, 2.05) is 26.0 Å². The highest BCUT2D eigenvalue weighted by Crippen LogP contribution is 2.46. The van der Waals surface area contributed by atoms with Gasteiger partial charge >= 0.3 is 5.97 Å². The summed E-state index contributed by atoms with van der Waals surface area (Å²) in [5.74, 6) is -0.646. The van der Waals surface area contributed by atoms with Crippen LogP contribution in [0, 0.1) is 11.3 Å². The number of hydrogen-bond donors (Lipinski definition) is 1. The van der Waals surface area contributed by atoms with Gasteiger partial charge in [0.1, 0.15) is 0 Å². The first-order chi connectivity index (χ1) is 10.5. The summed E-state index contributed by atoms with van der Waals surface area (Å²) in [5.41, 5.74) is 3.32. The third kappa shape index (κ3) is 2.37. The van der Waals surface area contributed by atoms with Crippen molar-refractivity contribution in [2.45, 2.75) is 38.6 Å². The van der Waals surface area contributed by atoms with Gasteiger partial charge in [0, 0.05) is 17.2 Å². The van der Waals surface area contributed by atoms with Gasteiger partial charge in [-0.3, -0.25) is 4.68 Å². The summed E-state index contributed by atoms with van der Waals surface area (Å²) in [6.45, 7) is 3.86. The molecule has 0 aliphatic heterocycles. The maximum Gasteiger partial charge on any atom is 0.354 e. The van der Waals surface area contributed by atoms with Crippen molar-refractivity contribution < 1.29 is 9.90 Å². The number of carboxylic acid groups (broad SMARTS) is 1. The van der Waals surface area contributed by atoms with Crippen LogP contribution in [0.25, 0.3) is 11.3 Å². The highest BCUT2D eigenvalue weighted by Gasteiger charge is 2.35. The van der Waals surface area contributed by atoms with E-state index >= 15 is 0 Å². The highest BCUT2D eigenvalue weighted by atomic mass is 16.4. The molecule has 0 spiro atoms. The van der Waals surface area contributed by atoms with Gasteiger partial charge in [-0.25, -0.2) is 4.79 Å². The Kier molecular flexibility index (Phi) is 3.45. The summed E-state index contributed by atoms with van der Waals surface area (Å²) in [5, 5.41) is 23.1. The van der Waals surface area contributed by atoms with E-state index in [2.05, 4.69) is 11.2 Å². The maximum absolute atomic E-state index is 11.7. The second kappa shape index (κ2) is 5.30. The fraction of sp³-hybridized carbons (Fsp3) is 0.353. The molecule has 0 unspecified atom stereocenters. The zero-order valence-corrected chi connectivity index (χ0v) is 12.6. The minimum absolute atomic E-state index is 0.0178. The third-order valence-electron chi connectivity index (χ3n) is 3.91. The van der Waals surface area contributed by atoms with Crippen LogP contribution in [0.4, 0.5) is 0 Å². The van der Waals surface area contributed by atoms with E-state index in [-0.39, 0.29) is 12.0 Å². The largest absolute Gasteiger partial charge is 0.477 e. The quantitative estimate of drug-likeness (QED) is 0.935. The second-order valence-corrected chi connectivity index (χ2v) is 5.92. The Morgan fingerprint density at radius 1 is 1.36 bits per heavy atom. The van der Waals surface area contributed by atoms with E-state index in [1.165, 1.54) is 0 Å². The monoisotopic (exact) mass is 295 g/mol. The molecule has 0 radical (unpaired) electrons. The fourth-order valence-corrected chi connectivity index (χ4v) is 2.71. The van der Waals surface area contributed by atoms with E-state index in [1.54, 1.807) is 16.8 Å². The first-order valence-corrected chi connectivity index (χ1v) is 7.39. The van der Waals surface area contributed by atoms with Crippen LogP contribution in [0.2, 0.25) is 0 Å². The number of aromatic carboxylic acids is 1. The van der Waals surface area contributed by atoms with Crippen molar-refractivity contribution in [2.75, 3.05) is 0 Å². The van der Waals surface area contributed by atoms with Crippen LogP contribution in [0.3, 0.4) is 0 Å². The molecule has 2 aromatic rings. The molecule has 0 amide bonds. The molecular formula is C17H17N3O2. The second-order valence-electron chi connectivity index (χ2n) is 5.92. The molecule has 1 aromatic carbocycles. The number of benzene rings is 1. The lowest BCUT2D eigenvalue weighted by Gasteiger charge is -2.08. The van der Waals surface area contributed by atoms with E-state index in [0.717, 1.165) is 29.7 Å². The Hall–Kier alpha value is -2.61. The van der Waals surface area contributed by atoms with Crippen molar-refractivity contribution in [1.29, 1.82) is 5.26 Å². The van der Waals surface area contributed by atoms with Crippen LogP contribution in [0.1, 0.15) is 60.3 Å². The first-order valence-electron chi connectivity index (χ1n) is 7.39. The van der Waals surface area contributed by atoms with Crippen molar-refractivity contribution in [2.24, 2.45) is 0 Å². The molecule has 1 heterocycles. The molecule has 112 valence electrons. The van der Waals surface area contributed by atoms with Gasteiger partial charge in [-0.2, -0.15) is 10.4 Å². The van der Waals surface area contributed by atoms with Gasteiger partial charge in [-0.1, -0.05) is 12.1 Å². The van der Waals surface area contributed by atoms with Crippen molar-refractivity contribution in [3.8, 4) is 17.3 Å². The van der Waals surface area contributed by atoms with Gasteiger partial charge in [-0.15, -0.1) is 0 Å². The molecule has 1 saturated carbocycles. The van der Waals surface area contributed by atoms with Gasteiger partial charge in [0.2, 0.25) is 0 Å². The molecule has 5 heteroatoms. The highest BCUT2D eigenvalue weighted by molar-refractivity contribution is 5.90. The molecule has 1 aliphatic carbocycles. The van der Waals surface area contributed by atoms with Crippen LogP contribution in [-0.2, 0) is 0 Å². The normalized spacial score (nSPS) is 14.1. The number of aromatic nitrogens is 2. The predicted octanol–water partition coefficient (Wildman–Crippen LogP) is 3.58. The molecule has 1 aromatic heterocycles. The minimum atomic E-state index is -0.928. The van der Waals surface area contributed by atoms with E-state index in [4.69, 9.17) is 5.26 Å². The molecule has 1 aliphatic rings. The van der Waals surface area contributed by atoms with Crippen LogP contribution in [-0.4, -0.2) is 20.9 Å². The van der Waals surface area contributed by atoms with Gasteiger partial charge in [0.05, 0.1) is 17.3 Å². The van der Waals surface area contributed by atoms with Crippen molar-refractivity contribution in [3.05, 3.63) is 41.1 Å². The topological polar surface area (TPSA) is 78.9 Å². The summed E-state index contributed by atoms with van der Waals surface area (Å²) in [7, 11) is 0. The predicted molar refractivity (Wildman–Crippen MR) is 81.7 cm³/mol. The van der Waals surface area contributed by atoms with Gasteiger partial charge < -0.3 is 5.11 Å². The Balaban J connectivity index is 2.20. The molecule has 22 heavy (non-hydrogen) atoms. The van der Waals surface area contributed by atoms with E-state index in [9.17, 15) is 9.90 Å². The van der Waals surface area contributed by atoms with Crippen molar-refractivity contribution in [3.63, 3.8) is 0 Å². The van der Waals surface area contributed by atoms with Crippen LogP contribution in [0.15, 0.2) is 24.3 Å². The molecule has 0 bridgehead atoms. The van der Waals surface area contributed by atoms with Crippen molar-refractivity contribution >= 4 is 5.97 Å². The van der Waals surface area contributed by atoms with Crippen LogP contribution < -0.4 is 0 Å². The summed E-state index contributed by atoms with van der Waals surface area (Å²) in [6, 6.07) is 9.22. The Morgan fingerprint density at radius 2 is 2.00 bits per heavy atom. The standard InChI is InChI=1S/C17H17N3O2/c1-10(2)20-16(17(21)22)14(12-7-8-12)15(19-20)13-5-3-11(9-18)4-6-13/h3-6,10,12H,7-8H2,1-2H3,(H,21,22). The Bertz CT molecular complexity index is 762. The molecule has 0 atom stereocenters. The van der Waals surface area contributed by atoms with Crippen LogP contribution in [0.5, 0.6) is 0 Å². The summed E-state index contributed by atoms with van der Waals surface area (Å²) in [6.07, 6.45) is 2.01. The number of nitriles is 1. The average molecular weight is 295 g/mol. The zero-order valence-electron chi connectivity index (χ0n) is 12.6. The van der Waals surface area contributed by atoms with E-state index in [0.29, 0.717) is 11.3 Å². The third-order valence-corrected chi connectivity index (χ3v) is 3.91. The SMILES string of the molecule is CC(C)n1nc(-c2ccc(C#N)cc2)c(C2CC2)c1C(=O)O. The number of rotatable bonds is 4. The first kappa shape index (κ1) is 14.3. The lowest BCUT2D eigenvalue weighted by atomic mass is 10.0. The fourth-order valence-electron chi connectivity index (χ4n) is 2.71. The minimum Gasteiger partial charge on any atom is -0.477 e. The smallest absolute Gasteiger partial charge is 0.354 e.